The maximum Gasteiger partial charge on any atom is 0.327 e. The van der Waals surface area contributed by atoms with Crippen molar-refractivity contribution < 1.29 is 23.1 Å². The van der Waals surface area contributed by atoms with Crippen molar-refractivity contribution in [3.05, 3.63) is 0 Å². The minimum atomic E-state index is -3.28. The van der Waals surface area contributed by atoms with Gasteiger partial charge in [0, 0.05) is 18.8 Å². The van der Waals surface area contributed by atoms with Crippen molar-refractivity contribution in [1.82, 2.24) is 14.9 Å². The summed E-state index contributed by atoms with van der Waals surface area (Å²) in [4.78, 5) is 23.7. The fraction of sp³-hybridized carbons (Fsp3) is 0.750. The molecule has 0 aromatic heterocycles. The first-order valence-corrected chi connectivity index (χ1v) is 8.15. The molecule has 2 amide bonds. The average Bonchev–Trinajstić information content (AvgIpc) is 2.71. The predicted octanol–water partition coefficient (Wildman–Crippen LogP) is -1.30. The molecule has 1 rings (SSSR count). The van der Waals surface area contributed by atoms with E-state index in [1.807, 2.05) is 0 Å². The molecule has 0 saturated carbocycles. The molecule has 0 spiro atoms. The molecule has 0 radical (unpaired) electrons. The molecular formula is C8H15N3O5S2. The summed E-state index contributed by atoms with van der Waals surface area (Å²) in [6, 6.07) is -1.32. The number of rotatable bonds is 5. The van der Waals surface area contributed by atoms with Crippen molar-refractivity contribution in [2.24, 2.45) is 0 Å². The summed E-state index contributed by atoms with van der Waals surface area (Å²) in [6.07, 6.45) is 1.02. The molecule has 8 nitrogen and oxygen atoms in total. The highest BCUT2D eigenvalue weighted by Crippen LogP contribution is 2.20. The summed E-state index contributed by atoms with van der Waals surface area (Å²) in [7, 11) is -3.28. The molecule has 104 valence electrons. The van der Waals surface area contributed by atoms with Gasteiger partial charge >= 0.3 is 12.0 Å². The topological polar surface area (TPSA) is 116 Å². The fourth-order valence-corrected chi connectivity index (χ4v) is 2.97. The summed E-state index contributed by atoms with van der Waals surface area (Å²) in [5.41, 5.74) is 0. The smallest absolute Gasteiger partial charge is 0.327 e. The lowest BCUT2D eigenvalue weighted by Crippen LogP contribution is -2.48. The first kappa shape index (κ1) is 15.1. The van der Waals surface area contributed by atoms with Crippen molar-refractivity contribution in [2.75, 3.05) is 31.0 Å². The molecule has 0 bridgehead atoms. The Labute approximate surface area is 109 Å². The average molecular weight is 297 g/mol. The van der Waals surface area contributed by atoms with E-state index in [2.05, 4.69) is 10.0 Å². The molecule has 10 heteroatoms. The van der Waals surface area contributed by atoms with E-state index >= 15 is 0 Å². The van der Waals surface area contributed by atoms with Crippen molar-refractivity contribution in [2.45, 2.75) is 6.04 Å². The van der Waals surface area contributed by atoms with Crippen LogP contribution in [0, 0.1) is 0 Å². The number of aliphatic carboxylic acids is 1. The van der Waals surface area contributed by atoms with E-state index in [4.69, 9.17) is 5.11 Å². The Morgan fingerprint density at radius 2 is 2.11 bits per heavy atom. The van der Waals surface area contributed by atoms with E-state index in [0.717, 1.165) is 6.26 Å². The van der Waals surface area contributed by atoms with Crippen LogP contribution < -0.4 is 10.0 Å². The maximum atomic E-state index is 11.6. The number of urea groups is 1. The molecule has 1 aliphatic rings. The molecule has 18 heavy (non-hydrogen) atoms. The highest BCUT2D eigenvalue weighted by Gasteiger charge is 2.34. The lowest BCUT2D eigenvalue weighted by atomic mass is 10.3. The van der Waals surface area contributed by atoms with Crippen molar-refractivity contribution in [3.63, 3.8) is 0 Å². The third-order valence-electron chi connectivity index (χ3n) is 2.19. The lowest BCUT2D eigenvalue weighted by molar-refractivity contribution is -0.140. The van der Waals surface area contributed by atoms with Gasteiger partial charge in [0.2, 0.25) is 10.0 Å². The summed E-state index contributed by atoms with van der Waals surface area (Å²) >= 11 is 1.36. The standard InChI is InChI=1S/C8H15N3O5S2/c1-18(15,16)10-3-2-9-8(14)11-5-17-4-6(11)7(12)13/h6,10H,2-5H2,1H3,(H,9,14)(H,12,13). The largest absolute Gasteiger partial charge is 0.480 e. The van der Waals surface area contributed by atoms with E-state index in [9.17, 15) is 18.0 Å². The second-order valence-corrected chi connectivity index (χ2v) is 6.55. The van der Waals surface area contributed by atoms with Gasteiger partial charge < -0.3 is 15.3 Å². The van der Waals surface area contributed by atoms with Gasteiger partial charge in [0.05, 0.1) is 12.1 Å². The summed E-state index contributed by atoms with van der Waals surface area (Å²) in [6.45, 7) is 0.183. The molecule has 0 aliphatic carbocycles. The highest BCUT2D eigenvalue weighted by atomic mass is 32.2. The Morgan fingerprint density at radius 1 is 1.44 bits per heavy atom. The first-order chi connectivity index (χ1) is 8.31. The van der Waals surface area contributed by atoms with E-state index in [-0.39, 0.29) is 13.1 Å². The van der Waals surface area contributed by atoms with Crippen LogP contribution in [0.5, 0.6) is 0 Å². The van der Waals surface area contributed by atoms with Gasteiger partial charge in [0.15, 0.2) is 0 Å². The van der Waals surface area contributed by atoms with Crippen LogP contribution in [0.25, 0.3) is 0 Å². The Hall–Kier alpha value is -1.00. The third-order valence-corrected chi connectivity index (χ3v) is 3.93. The van der Waals surface area contributed by atoms with Gasteiger partial charge in [0.1, 0.15) is 6.04 Å². The minimum absolute atomic E-state index is 0.0727. The predicted molar refractivity (Wildman–Crippen MR) is 66.8 cm³/mol. The van der Waals surface area contributed by atoms with Crippen LogP contribution in [0.2, 0.25) is 0 Å². The molecular weight excluding hydrogens is 282 g/mol. The number of hydrogen-bond donors (Lipinski definition) is 3. The SMILES string of the molecule is CS(=O)(=O)NCCNC(=O)N1CSCC1C(=O)O. The number of thioether (sulfide) groups is 1. The number of hydrogen-bond acceptors (Lipinski definition) is 5. The zero-order valence-corrected chi connectivity index (χ0v) is 11.4. The van der Waals surface area contributed by atoms with Gasteiger partial charge in [-0.25, -0.2) is 22.7 Å². The summed E-state index contributed by atoms with van der Waals surface area (Å²) < 4.78 is 23.7. The number of sulfonamides is 1. The molecule has 1 heterocycles. The number of carbonyl (C=O) groups excluding carboxylic acids is 1. The molecule has 3 N–H and O–H groups in total. The normalized spacial score (nSPS) is 19.8. The maximum absolute atomic E-state index is 11.6. The Kier molecular flexibility index (Phi) is 5.23. The first-order valence-electron chi connectivity index (χ1n) is 5.11. The Balaban J connectivity index is 2.35. The minimum Gasteiger partial charge on any atom is -0.480 e. The quantitative estimate of drug-likeness (QED) is 0.543. The van der Waals surface area contributed by atoms with Crippen molar-refractivity contribution >= 4 is 33.8 Å². The van der Waals surface area contributed by atoms with E-state index < -0.39 is 28.1 Å². The van der Waals surface area contributed by atoms with Gasteiger partial charge in [-0.2, -0.15) is 0 Å². The second kappa shape index (κ2) is 6.25. The Morgan fingerprint density at radius 3 is 2.67 bits per heavy atom. The molecule has 0 aromatic carbocycles. The molecule has 1 aliphatic heterocycles. The van der Waals surface area contributed by atoms with Gasteiger partial charge in [-0.05, 0) is 0 Å². The molecule has 1 atom stereocenters. The van der Waals surface area contributed by atoms with Crippen LogP contribution in [-0.4, -0.2) is 67.4 Å². The van der Waals surface area contributed by atoms with Crippen LogP contribution in [0.15, 0.2) is 0 Å². The van der Waals surface area contributed by atoms with Gasteiger partial charge in [0.25, 0.3) is 0 Å². The molecule has 1 fully saturated rings. The second-order valence-electron chi connectivity index (χ2n) is 3.72. The zero-order valence-electron chi connectivity index (χ0n) is 9.75. The van der Waals surface area contributed by atoms with Crippen LogP contribution in [0.4, 0.5) is 4.79 Å². The van der Waals surface area contributed by atoms with Gasteiger partial charge in [-0.1, -0.05) is 0 Å². The van der Waals surface area contributed by atoms with E-state index in [0.29, 0.717) is 11.6 Å². The zero-order chi connectivity index (χ0) is 13.8. The molecule has 0 aromatic rings. The van der Waals surface area contributed by atoms with E-state index in [1.54, 1.807) is 0 Å². The van der Waals surface area contributed by atoms with Crippen LogP contribution >= 0.6 is 11.8 Å². The number of carbonyl (C=O) groups is 2. The molecule has 1 saturated heterocycles. The number of nitrogens with zero attached hydrogens (tertiary/aromatic N) is 1. The molecule has 1 unspecified atom stereocenters. The number of carboxylic acid groups (broad SMARTS) is 1. The Bertz CT molecular complexity index is 424. The van der Waals surface area contributed by atoms with E-state index in [1.165, 1.54) is 16.7 Å². The van der Waals surface area contributed by atoms with Crippen LogP contribution in [-0.2, 0) is 14.8 Å². The van der Waals surface area contributed by atoms with Crippen molar-refractivity contribution in [1.29, 1.82) is 0 Å². The number of carboxylic acids is 1. The number of amides is 2. The lowest BCUT2D eigenvalue weighted by Gasteiger charge is -2.20. The van der Waals surface area contributed by atoms with Gasteiger partial charge in [-0.15, -0.1) is 11.8 Å². The number of nitrogens with one attached hydrogen (secondary N) is 2. The van der Waals surface area contributed by atoms with Crippen LogP contribution in [0.3, 0.4) is 0 Å². The summed E-state index contributed by atoms with van der Waals surface area (Å²) in [5.74, 6) is -0.350. The van der Waals surface area contributed by atoms with Gasteiger partial charge in [-0.3, -0.25) is 0 Å². The fourth-order valence-electron chi connectivity index (χ4n) is 1.35. The van der Waals surface area contributed by atoms with Crippen LogP contribution in [0.1, 0.15) is 0 Å². The summed E-state index contributed by atoms with van der Waals surface area (Å²) in [5, 5.41) is 11.3. The van der Waals surface area contributed by atoms with Crippen molar-refractivity contribution in [3.8, 4) is 0 Å². The third kappa shape index (κ3) is 4.70. The highest BCUT2D eigenvalue weighted by molar-refractivity contribution is 7.99. The monoisotopic (exact) mass is 297 g/mol.